The van der Waals surface area contributed by atoms with E-state index < -0.39 is 11.7 Å². The standard InChI is InChI=1S/C14H15BrN4O2/c1-8-7-19-9(5-16)12(11(15)10(19)6-17-8)18-13(20)21-14(2,3)4/h6-7H,1-4H3,(H,18,20). The van der Waals surface area contributed by atoms with Gasteiger partial charge in [-0.15, -0.1) is 0 Å². The zero-order valence-electron chi connectivity index (χ0n) is 12.2. The second kappa shape index (κ2) is 5.37. The first kappa shape index (κ1) is 15.3. The van der Waals surface area contributed by atoms with E-state index in [1.54, 1.807) is 37.6 Å². The fourth-order valence-corrected chi connectivity index (χ4v) is 2.42. The van der Waals surface area contributed by atoms with Gasteiger partial charge in [0.1, 0.15) is 17.4 Å². The van der Waals surface area contributed by atoms with Crippen LogP contribution in [0, 0.1) is 18.3 Å². The number of amides is 1. The number of nitrogens with one attached hydrogen (secondary N) is 1. The maximum Gasteiger partial charge on any atom is 0.412 e. The lowest BCUT2D eigenvalue weighted by Gasteiger charge is -2.19. The Morgan fingerprint density at radius 3 is 2.76 bits per heavy atom. The van der Waals surface area contributed by atoms with E-state index in [0.717, 1.165) is 5.69 Å². The van der Waals surface area contributed by atoms with E-state index in [-0.39, 0.29) is 0 Å². The van der Waals surface area contributed by atoms with E-state index in [1.807, 2.05) is 6.92 Å². The lowest BCUT2D eigenvalue weighted by molar-refractivity contribution is 0.0636. The molecule has 0 unspecified atom stereocenters. The number of carbonyl (C=O) groups excluding carboxylic acids is 1. The van der Waals surface area contributed by atoms with Gasteiger partial charge in [0.2, 0.25) is 0 Å². The lowest BCUT2D eigenvalue weighted by Crippen LogP contribution is -2.27. The van der Waals surface area contributed by atoms with Crippen molar-refractivity contribution in [1.82, 2.24) is 9.38 Å². The molecule has 0 saturated carbocycles. The molecule has 1 amide bonds. The Morgan fingerprint density at radius 1 is 1.52 bits per heavy atom. The molecule has 2 heterocycles. The number of aromatic nitrogens is 2. The largest absolute Gasteiger partial charge is 0.444 e. The monoisotopic (exact) mass is 350 g/mol. The molecule has 1 N–H and O–H groups in total. The van der Waals surface area contributed by atoms with E-state index in [9.17, 15) is 10.1 Å². The minimum atomic E-state index is -0.611. The lowest BCUT2D eigenvalue weighted by atomic mass is 10.2. The van der Waals surface area contributed by atoms with Gasteiger partial charge in [-0.3, -0.25) is 10.3 Å². The molecule has 7 heteroatoms. The number of hydrogen-bond donors (Lipinski definition) is 1. The highest BCUT2D eigenvalue weighted by Gasteiger charge is 2.22. The Labute approximate surface area is 130 Å². The number of anilines is 1. The van der Waals surface area contributed by atoms with Crippen molar-refractivity contribution in [3.63, 3.8) is 0 Å². The molecule has 2 rings (SSSR count). The van der Waals surface area contributed by atoms with Crippen LogP contribution in [0.3, 0.4) is 0 Å². The van der Waals surface area contributed by atoms with Crippen molar-refractivity contribution in [1.29, 1.82) is 5.26 Å². The van der Waals surface area contributed by atoms with Crippen molar-refractivity contribution in [2.45, 2.75) is 33.3 Å². The van der Waals surface area contributed by atoms with E-state index in [2.05, 4.69) is 32.3 Å². The average Bonchev–Trinajstić information content (AvgIpc) is 2.59. The Balaban J connectivity index is 2.47. The molecule has 0 fully saturated rings. The van der Waals surface area contributed by atoms with E-state index in [1.165, 1.54) is 0 Å². The topological polar surface area (TPSA) is 79.4 Å². The minimum absolute atomic E-state index is 0.313. The number of hydrogen-bond acceptors (Lipinski definition) is 4. The molecule has 2 aromatic rings. The summed E-state index contributed by atoms with van der Waals surface area (Å²) >= 11 is 3.39. The Bertz CT molecular complexity index is 753. The van der Waals surface area contributed by atoms with Crippen molar-refractivity contribution in [2.75, 3.05) is 5.32 Å². The molecule has 0 aromatic carbocycles. The molecular weight excluding hydrogens is 336 g/mol. The van der Waals surface area contributed by atoms with Crippen LogP contribution in [0.4, 0.5) is 10.5 Å². The molecule has 2 aromatic heterocycles. The summed E-state index contributed by atoms with van der Waals surface area (Å²) in [6, 6.07) is 2.09. The van der Waals surface area contributed by atoms with Crippen LogP contribution in [0.25, 0.3) is 5.52 Å². The van der Waals surface area contributed by atoms with Crippen molar-refractivity contribution in [3.8, 4) is 6.07 Å². The third-order valence-electron chi connectivity index (χ3n) is 2.62. The van der Waals surface area contributed by atoms with Gasteiger partial charge in [-0.25, -0.2) is 4.79 Å². The Kier molecular flexibility index (Phi) is 3.92. The second-order valence-corrected chi connectivity index (χ2v) is 6.35. The number of ether oxygens (including phenoxy) is 1. The van der Waals surface area contributed by atoms with E-state index >= 15 is 0 Å². The number of rotatable bonds is 1. The fraction of sp³-hybridized carbons (Fsp3) is 0.357. The summed E-state index contributed by atoms with van der Waals surface area (Å²) < 4.78 is 7.49. The SMILES string of the molecule is Cc1cn2c(C#N)c(NC(=O)OC(C)(C)C)c(Br)c2cn1. The maximum absolute atomic E-state index is 11.9. The second-order valence-electron chi connectivity index (χ2n) is 5.56. The maximum atomic E-state index is 11.9. The summed E-state index contributed by atoms with van der Waals surface area (Å²) in [6.07, 6.45) is 2.76. The third-order valence-corrected chi connectivity index (χ3v) is 3.42. The van der Waals surface area contributed by atoms with Gasteiger partial charge in [0.15, 0.2) is 0 Å². The van der Waals surface area contributed by atoms with Crippen molar-refractivity contribution in [3.05, 3.63) is 28.3 Å². The first-order valence-corrected chi connectivity index (χ1v) is 7.08. The van der Waals surface area contributed by atoms with Crippen LogP contribution in [0.5, 0.6) is 0 Å². The van der Waals surface area contributed by atoms with Crippen molar-refractivity contribution < 1.29 is 9.53 Å². The molecule has 0 radical (unpaired) electrons. The number of fused-ring (bicyclic) bond motifs is 1. The highest BCUT2D eigenvalue weighted by molar-refractivity contribution is 9.10. The molecule has 0 aliphatic carbocycles. The normalized spacial score (nSPS) is 11.2. The van der Waals surface area contributed by atoms with Gasteiger partial charge < -0.3 is 9.14 Å². The molecule has 110 valence electrons. The number of carbonyl (C=O) groups is 1. The molecular formula is C14H15BrN4O2. The summed E-state index contributed by atoms with van der Waals surface area (Å²) in [5, 5.41) is 12.0. The number of aryl methyl sites for hydroxylation is 1. The summed E-state index contributed by atoms with van der Waals surface area (Å²) in [4.78, 5) is 16.1. The molecule has 0 spiro atoms. The fourth-order valence-electron chi connectivity index (χ4n) is 1.84. The van der Waals surface area contributed by atoms with Gasteiger partial charge in [-0.2, -0.15) is 5.26 Å². The van der Waals surface area contributed by atoms with E-state index in [0.29, 0.717) is 21.4 Å². The zero-order chi connectivity index (χ0) is 15.8. The van der Waals surface area contributed by atoms with Gasteiger partial charge in [0.25, 0.3) is 0 Å². The highest BCUT2D eigenvalue weighted by Crippen LogP contribution is 2.33. The van der Waals surface area contributed by atoms with Crippen LogP contribution in [0.2, 0.25) is 0 Å². The Hall–Kier alpha value is -2.07. The van der Waals surface area contributed by atoms with Crippen molar-refractivity contribution in [2.24, 2.45) is 0 Å². The van der Waals surface area contributed by atoms with Crippen LogP contribution < -0.4 is 5.32 Å². The minimum Gasteiger partial charge on any atom is -0.444 e. The van der Waals surface area contributed by atoms with Crippen LogP contribution >= 0.6 is 15.9 Å². The van der Waals surface area contributed by atoms with Gasteiger partial charge >= 0.3 is 6.09 Å². The smallest absolute Gasteiger partial charge is 0.412 e. The summed E-state index contributed by atoms with van der Waals surface area (Å²) in [6.45, 7) is 7.15. The van der Waals surface area contributed by atoms with Gasteiger partial charge in [0.05, 0.1) is 27.6 Å². The van der Waals surface area contributed by atoms with Gasteiger partial charge in [-0.05, 0) is 43.6 Å². The van der Waals surface area contributed by atoms with Gasteiger partial charge in [0, 0.05) is 6.20 Å². The predicted octanol–water partition coefficient (Wildman–Crippen LogP) is 3.62. The number of halogens is 1. The molecule has 0 saturated heterocycles. The van der Waals surface area contributed by atoms with Crippen molar-refractivity contribution >= 4 is 33.2 Å². The predicted molar refractivity (Wildman–Crippen MR) is 82.2 cm³/mol. The molecule has 0 bridgehead atoms. The number of nitrogens with zero attached hydrogens (tertiary/aromatic N) is 3. The molecule has 21 heavy (non-hydrogen) atoms. The first-order chi connectivity index (χ1) is 9.73. The molecule has 6 nitrogen and oxygen atoms in total. The summed E-state index contributed by atoms with van der Waals surface area (Å²) in [5.74, 6) is 0. The molecule has 0 atom stereocenters. The van der Waals surface area contributed by atoms with Crippen LogP contribution in [-0.2, 0) is 4.74 Å². The summed E-state index contributed by atoms with van der Waals surface area (Å²) in [5.41, 5.74) is 1.54. The van der Waals surface area contributed by atoms with E-state index in [4.69, 9.17) is 4.74 Å². The third kappa shape index (κ3) is 3.16. The quantitative estimate of drug-likeness (QED) is 0.851. The Morgan fingerprint density at radius 2 is 2.19 bits per heavy atom. The number of nitriles is 1. The van der Waals surface area contributed by atoms with Crippen LogP contribution in [0.15, 0.2) is 16.9 Å². The highest BCUT2D eigenvalue weighted by atomic mass is 79.9. The summed E-state index contributed by atoms with van der Waals surface area (Å²) in [7, 11) is 0. The zero-order valence-corrected chi connectivity index (χ0v) is 13.8. The van der Waals surface area contributed by atoms with Gasteiger partial charge in [-0.1, -0.05) is 0 Å². The first-order valence-electron chi connectivity index (χ1n) is 6.29. The molecule has 0 aliphatic rings. The molecule has 0 aliphatic heterocycles. The average molecular weight is 351 g/mol. The van der Waals surface area contributed by atoms with Crippen LogP contribution in [0.1, 0.15) is 32.2 Å². The van der Waals surface area contributed by atoms with Crippen LogP contribution in [-0.4, -0.2) is 21.1 Å².